The number of benzene rings is 1. The van der Waals surface area contributed by atoms with Crippen molar-refractivity contribution in [3.63, 3.8) is 0 Å². The second-order valence-corrected chi connectivity index (χ2v) is 7.55. The van der Waals surface area contributed by atoms with E-state index in [0.29, 0.717) is 36.8 Å². The maximum atomic E-state index is 13.0. The van der Waals surface area contributed by atoms with Gasteiger partial charge < -0.3 is 19.9 Å². The fourth-order valence-corrected chi connectivity index (χ4v) is 4.37. The second kappa shape index (κ2) is 7.36. The number of hydrogen-bond donors (Lipinski definition) is 2. The normalized spacial score (nSPS) is 22.4. The number of hydrogen-bond acceptors (Lipinski definition) is 7. The minimum atomic E-state index is -0.688. The van der Waals surface area contributed by atoms with E-state index in [4.69, 9.17) is 4.74 Å². The Kier molecular flexibility index (Phi) is 4.90. The number of ether oxygens (including phenoxy) is 1. The van der Waals surface area contributed by atoms with Crippen molar-refractivity contribution in [2.45, 2.75) is 6.04 Å². The zero-order valence-electron chi connectivity index (χ0n) is 15.6. The summed E-state index contributed by atoms with van der Waals surface area (Å²) < 4.78 is 8.13. The third-order valence-electron chi connectivity index (χ3n) is 5.13. The summed E-state index contributed by atoms with van der Waals surface area (Å²) in [6, 6.07) is 6.63. The predicted octanol–water partition coefficient (Wildman–Crippen LogP) is 0.357. The van der Waals surface area contributed by atoms with Gasteiger partial charge in [-0.15, -0.1) is 0 Å². The molecule has 1 atom stereocenters. The largest absolute Gasteiger partial charge is 0.497 e. The first-order valence-corrected chi connectivity index (χ1v) is 9.74. The number of nitrogens with one attached hydrogen (secondary N) is 2. The van der Waals surface area contributed by atoms with Crippen LogP contribution < -0.4 is 19.7 Å². The topological polar surface area (TPSA) is 94.2 Å². The van der Waals surface area contributed by atoms with Crippen molar-refractivity contribution in [2.75, 3.05) is 45.2 Å². The Morgan fingerprint density at radius 1 is 1.14 bits per heavy atom. The molecule has 1 unspecified atom stereocenters. The van der Waals surface area contributed by atoms with Gasteiger partial charge in [-0.3, -0.25) is 14.5 Å². The van der Waals surface area contributed by atoms with Gasteiger partial charge in [-0.1, -0.05) is 0 Å². The summed E-state index contributed by atoms with van der Waals surface area (Å²) in [6.45, 7) is 2.54. The standard InChI is InChI=1S/C18H21N5O4S/c1-21-16(24)14-13(19-18(21)26)15(28-20-14)17(25)23-9-7-22(8-10-23)11-3-5-12(27-2)6-4-11/h3-6,14,20H,7-10H2,1-2H3,(H,19,26). The SMILES string of the molecule is COc1ccc(N2CCN(C(=O)C3=C4NC(=O)N(C)C(=O)C4NS3)CC2)cc1. The van der Waals surface area contributed by atoms with E-state index >= 15 is 0 Å². The van der Waals surface area contributed by atoms with E-state index in [1.54, 1.807) is 12.0 Å². The number of rotatable bonds is 3. The van der Waals surface area contributed by atoms with Crippen molar-refractivity contribution < 1.29 is 19.1 Å². The number of carbonyl (C=O) groups excluding carboxylic acids is 3. The zero-order valence-corrected chi connectivity index (χ0v) is 16.4. The predicted molar refractivity (Wildman–Crippen MR) is 105 cm³/mol. The molecule has 4 rings (SSSR count). The molecule has 3 aliphatic rings. The molecule has 2 N–H and O–H groups in total. The first-order valence-electron chi connectivity index (χ1n) is 8.93. The number of nitrogens with zero attached hydrogens (tertiary/aromatic N) is 3. The van der Waals surface area contributed by atoms with E-state index in [1.807, 2.05) is 24.3 Å². The van der Waals surface area contributed by atoms with Crippen LogP contribution in [-0.4, -0.2) is 74.0 Å². The van der Waals surface area contributed by atoms with Gasteiger partial charge in [-0.25, -0.2) is 9.52 Å². The van der Waals surface area contributed by atoms with Crippen LogP contribution in [0.1, 0.15) is 0 Å². The monoisotopic (exact) mass is 403 g/mol. The van der Waals surface area contributed by atoms with E-state index in [-0.39, 0.29) is 11.8 Å². The average molecular weight is 403 g/mol. The molecule has 9 nitrogen and oxygen atoms in total. The van der Waals surface area contributed by atoms with Gasteiger partial charge in [0.15, 0.2) is 0 Å². The Hall–Kier alpha value is -2.72. The molecular formula is C18H21N5O4S. The van der Waals surface area contributed by atoms with Crippen LogP contribution in [0.5, 0.6) is 5.75 Å². The van der Waals surface area contributed by atoms with Crippen LogP contribution in [0, 0.1) is 0 Å². The van der Waals surface area contributed by atoms with Crippen LogP contribution in [0.2, 0.25) is 0 Å². The fourth-order valence-electron chi connectivity index (χ4n) is 3.42. The lowest BCUT2D eigenvalue weighted by Crippen LogP contribution is -2.56. The van der Waals surface area contributed by atoms with Gasteiger partial charge in [0, 0.05) is 38.9 Å². The first kappa shape index (κ1) is 18.6. The van der Waals surface area contributed by atoms with Crippen molar-refractivity contribution in [2.24, 2.45) is 0 Å². The minimum Gasteiger partial charge on any atom is -0.497 e. The number of carbonyl (C=O) groups is 3. The lowest BCUT2D eigenvalue weighted by molar-refractivity contribution is -0.128. The Balaban J connectivity index is 1.43. The van der Waals surface area contributed by atoms with Crippen LogP contribution in [0.25, 0.3) is 0 Å². The van der Waals surface area contributed by atoms with Gasteiger partial charge in [-0.2, -0.15) is 0 Å². The van der Waals surface area contributed by atoms with Crippen LogP contribution in [-0.2, 0) is 9.59 Å². The third-order valence-corrected chi connectivity index (χ3v) is 6.09. The molecule has 3 aliphatic heterocycles. The molecule has 2 saturated heterocycles. The molecule has 1 aromatic carbocycles. The molecule has 4 amide bonds. The maximum absolute atomic E-state index is 13.0. The van der Waals surface area contributed by atoms with Gasteiger partial charge >= 0.3 is 6.03 Å². The lowest BCUT2D eigenvalue weighted by atomic mass is 10.1. The summed E-state index contributed by atoms with van der Waals surface area (Å²) in [5, 5.41) is 2.67. The summed E-state index contributed by atoms with van der Waals surface area (Å²) in [5.41, 5.74) is 1.45. The quantitative estimate of drug-likeness (QED) is 0.704. The van der Waals surface area contributed by atoms with Crippen LogP contribution in [0.4, 0.5) is 10.5 Å². The minimum absolute atomic E-state index is 0.165. The molecule has 28 heavy (non-hydrogen) atoms. The molecule has 3 heterocycles. The molecule has 148 valence electrons. The molecule has 0 bridgehead atoms. The zero-order chi connectivity index (χ0) is 19.8. The third kappa shape index (κ3) is 3.18. The number of imide groups is 1. The molecule has 0 aromatic heterocycles. The molecule has 0 aliphatic carbocycles. The number of likely N-dealkylation sites (N-methyl/N-ethyl adjacent to an activating group) is 1. The van der Waals surface area contributed by atoms with Gasteiger partial charge in [-0.05, 0) is 36.2 Å². The van der Waals surface area contributed by atoms with Gasteiger partial charge in [0.05, 0.1) is 12.8 Å². The highest BCUT2D eigenvalue weighted by molar-refractivity contribution is 8.02. The van der Waals surface area contributed by atoms with Crippen molar-refractivity contribution in [3.8, 4) is 5.75 Å². The number of methoxy groups -OCH3 is 1. The Bertz CT molecular complexity index is 848. The molecule has 0 radical (unpaired) electrons. The highest BCUT2D eigenvalue weighted by Gasteiger charge is 2.43. The summed E-state index contributed by atoms with van der Waals surface area (Å²) in [5.74, 6) is 0.279. The Morgan fingerprint density at radius 2 is 1.82 bits per heavy atom. The van der Waals surface area contributed by atoms with Crippen molar-refractivity contribution in [1.82, 2.24) is 19.8 Å². The molecule has 10 heteroatoms. The van der Waals surface area contributed by atoms with E-state index < -0.39 is 12.1 Å². The number of anilines is 1. The number of fused-ring (bicyclic) bond motifs is 1. The molecule has 1 aromatic rings. The molecule has 0 saturated carbocycles. The van der Waals surface area contributed by atoms with Crippen molar-refractivity contribution in [1.29, 1.82) is 0 Å². The summed E-state index contributed by atoms with van der Waals surface area (Å²) in [7, 11) is 3.05. The van der Waals surface area contributed by atoms with Crippen molar-refractivity contribution >= 4 is 35.5 Å². The lowest BCUT2D eigenvalue weighted by Gasteiger charge is -2.36. The van der Waals surface area contributed by atoms with Crippen LogP contribution >= 0.6 is 11.9 Å². The fraction of sp³-hybridized carbons (Fsp3) is 0.389. The smallest absolute Gasteiger partial charge is 0.328 e. The number of piperazine rings is 1. The van der Waals surface area contributed by atoms with Gasteiger partial charge in [0.2, 0.25) is 0 Å². The second-order valence-electron chi connectivity index (χ2n) is 6.70. The maximum Gasteiger partial charge on any atom is 0.328 e. The molecule has 0 spiro atoms. The van der Waals surface area contributed by atoms with Gasteiger partial charge in [0.25, 0.3) is 11.8 Å². The van der Waals surface area contributed by atoms with E-state index in [1.165, 1.54) is 7.05 Å². The first-order chi connectivity index (χ1) is 13.5. The number of amides is 4. The van der Waals surface area contributed by atoms with E-state index in [0.717, 1.165) is 28.3 Å². The summed E-state index contributed by atoms with van der Waals surface area (Å²) in [4.78, 5) is 42.5. The van der Waals surface area contributed by atoms with E-state index in [9.17, 15) is 14.4 Å². The Labute approximate surface area is 166 Å². The molecule has 2 fully saturated rings. The van der Waals surface area contributed by atoms with Crippen LogP contribution in [0.15, 0.2) is 34.9 Å². The van der Waals surface area contributed by atoms with Crippen LogP contribution in [0.3, 0.4) is 0 Å². The Morgan fingerprint density at radius 3 is 2.46 bits per heavy atom. The molecular weight excluding hydrogens is 382 g/mol. The van der Waals surface area contributed by atoms with Gasteiger partial charge in [0.1, 0.15) is 16.7 Å². The van der Waals surface area contributed by atoms with E-state index in [2.05, 4.69) is 14.9 Å². The average Bonchev–Trinajstić information content (AvgIpc) is 3.15. The van der Waals surface area contributed by atoms with Crippen molar-refractivity contribution in [3.05, 3.63) is 34.9 Å². The highest BCUT2D eigenvalue weighted by atomic mass is 32.2. The number of urea groups is 1. The summed E-state index contributed by atoms with van der Waals surface area (Å²) in [6.07, 6.45) is 0. The summed E-state index contributed by atoms with van der Waals surface area (Å²) >= 11 is 1.11. The highest BCUT2D eigenvalue weighted by Crippen LogP contribution is 2.32.